The van der Waals surface area contributed by atoms with E-state index < -0.39 is 17.2 Å². The van der Waals surface area contributed by atoms with E-state index in [-0.39, 0.29) is 35.0 Å². The number of fused-ring (bicyclic) bond motifs is 4. The molecule has 15 rings (SSSR count). The monoisotopic (exact) mass is 925 g/mol. The Bertz CT molecular complexity index is 3120. The number of aromatic nitrogens is 7. The van der Waals surface area contributed by atoms with Gasteiger partial charge in [0.2, 0.25) is 0 Å². The van der Waals surface area contributed by atoms with Crippen molar-refractivity contribution in [3.05, 3.63) is 143 Å². The van der Waals surface area contributed by atoms with Gasteiger partial charge in [0.15, 0.2) is 28.6 Å². The molecule has 15 heteroatoms. The van der Waals surface area contributed by atoms with Crippen molar-refractivity contribution in [3.8, 4) is 0 Å². The molecule has 0 radical (unpaired) electrons. The highest BCUT2D eigenvalue weighted by molar-refractivity contribution is 5.87. The average Bonchev–Trinajstić information content (AvgIpc) is 4.23. The van der Waals surface area contributed by atoms with Crippen molar-refractivity contribution in [1.29, 1.82) is 0 Å². The topological polar surface area (TPSA) is 163 Å². The third kappa shape index (κ3) is 6.78. The van der Waals surface area contributed by atoms with E-state index in [9.17, 15) is 4.79 Å². The fraction of sp³-hybridized carbons (Fsp3) is 0.444. The van der Waals surface area contributed by atoms with Crippen LogP contribution in [-0.4, -0.2) is 92.6 Å². The molecule has 4 bridgehead atoms. The standard InChI is InChI=1S/C54H59N11O4/c1-34-21-40(62-19-17-51(2,32-62)38-11-6-4-7-12-38)27-64-46(34)58-50(60-64)54-24-37(31-69-54)43(54)26-56-45-16-10-15-44(57-45)48(66)67-29-35-22-41(63-20-18-52(3,33-63)39-13-8-5-9-14-39)28-65-47(35)59-49(61-65)53-23-36(30-68-53)42(53)25-55/h4-16,21-22,27-28,36-37,42-43H,17-20,23-26,29-33,55H2,1-3H3,(H,56,57)/t36?,37?,42?,43?,51-,52-,53?,54?/m0/s1. The molecule has 69 heavy (non-hydrogen) atoms. The van der Waals surface area contributed by atoms with Crippen molar-refractivity contribution in [1.82, 2.24) is 34.2 Å². The fourth-order valence-corrected chi connectivity index (χ4v) is 12.9. The number of hydrogen-bond donors (Lipinski definition) is 2. The molecule has 6 saturated heterocycles. The Morgan fingerprint density at radius 1 is 0.739 bits per heavy atom. The second-order valence-electron chi connectivity index (χ2n) is 21.4. The first-order valence-corrected chi connectivity index (χ1v) is 24.8. The van der Waals surface area contributed by atoms with Crippen molar-refractivity contribution in [2.75, 3.05) is 67.6 Å². The van der Waals surface area contributed by atoms with Crippen molar-refractivity contribution in [2.24, 2.45) is 29.4 Å². The molecule has 6 unspecified atom stereocenters. The largest absolute Gasteiger partial charge is 0.456 e. The van der Waals surface area contributed by atoms with E-state index in [1.807, 2.05) is 27.4 Å². The Labute approximate surface area is 401 Å². The van der Waals surface area contributed by atoms with E-state index in [4.69, 9.17) is 45.1 Å². The maximum Gasteiger partial charge on any atom is 0.357 e. The van der Waals surface area contributed by atoms with Gasteiger partial charge in [-0.2, -0.15) is 0 Å². The minimum atomic E-state index is -0.585. The minimum absolute atomic E-state index is 0.00404. The lowest BCUT2D eigenvalue weighted by atomic mass is 9.63. The lowest BCUT2D eigenvalue weighted by Crippen LogP contribution is -2.49. The maximum atomic E-state index is 13.9. The number of aryl methyl sites for hydroxylation is 1. The van der Waals surface area contributed by atoms with Crippen LogP contribution in [0.15, 0.2) is 103 Å². The zero-order valence-corrected chi connectivity index (χ0v) is 39.6. The number of hydrogen-bond acceptors (Lipinski definition) is 13. The summed E-state index contributed by atoms with van der Waals surface area (Å²) in [7, 11) is 0. The number of rotatable bonds is 13. The van der Waals surface area contributed by atoms with Gasteiger partial charge in [-0.15, -0.1) is 10.2 Å². The molecule has 2 aromatic carbocycles. The second kappa shape index (κ2) is 15.8. The summed E-state index contributed by atoms with van der Waals surface area (Å²) in [6.07, 6.45) is 8.01. The Hall–Kier alpha value is -6.42. The quantitative estimate of drug-likeness (QED) is 0.114. The number of carbonyl (C=O) groups excluding carboxylic acids is 1. The van der Waals surface area contributed by atoms with Gasteiger partial charge in [-0.25, -0.2) is 28.8 Å². The average molecular weight is 926 g/mol. The van der Waals surface area contributed by atoms with Crippen LogP contribution in [0.1, 0.15) is 83.9 Å². The van der Waals surface area contributed by atoms with E-state index in [1.165, 1.54) is 11.1 Å². The molecule has 8 atom stereocenters. The minimum Gasteiger partial charge on any atom is -0.456 e. The SMILES string of the molecule is Cc1cc(N2CC[C@](C)(c3ccccc3)C2)cn2nc(C34CC(CO3)C4CNc3cccc(C(=O)OCc4cc(N5CC[C@](C)(c6ccccc6)C5)cn5nc(C67CC(CO6)C7CN)nc45)n3)nc12. The lowest BCUT2D eigenvalue weighted by molar-refractivity contribution is -0.0607. The Balaban J connectivity index is 0.708. The molecule has 5 aromatic heterocycles. The van der Waals surface area contributed by atoms with Crippen LogP contribution in [0.5, 0.6) is 0 Å². The summed E-state index contributed by atoms with van der Waals surface area (Å²) in [6, 6.07) is 31.3. The lowest BCUT2D eigenvalue weighted by Gasteiger charge is -2.43. The molecule has 8 fully saturated rings. The maximum absolute atomic E-state index is 13.9. The van der Waals surface area contributed by atoms with Gasteiger partial charge in [-0.05, 0) is 91.9 Å². The Morgan fingerprint density at radius 3 is 1.94 bits per heavy atom. The first-order valence-electron chi connectivity index (χ1n) is 24.8. The van der Waals surface area contributed by atoms with E-state index in [0.29, 0.717) is 55.4 Å². The summed E-state index contributed by atoms with van der Waals surface area (Å²) in [6.45, 7) is 12.9. The second-order valence-corrected chi connectivity index (χ2v) is 21.4. The summed E-state index contributed by atoms with van der Waals surface area (Å²) in [5.74, 6) is 2.57. The van der Waals surface area contributed by atoms with Gasteiger partial charge in [-0.1, -0.05) is 80.6 Å². The van der Waals surface area contributed by atoms with Crippen LogP contribution >= 0.6 is 0 Å². The third-order valence-corrected chi connectivity index (χ3v) is 17.1. The Kier molecular flexibility index (Phi) is 9.77. The van der Waals surface area contributed by atoms with Crippen LogP contribution < -0.4 is 20.9 Å². The Morgan fingerprint density at radius 2 is 1.32 bits per heavy atom. The van der Waals surface area contributed by atoms with E-state index in [0.717, 1.165) is 85.8 Å². The van der Waals surface area contributed by atoms with Gasteiger partial charge in [0.05, 0.1) is 37.0 Å². The first-order chi connectivity index (χ1) is 33.5. The van der Waals surface area contributed by atoms with Gasteiger partial charge < -0.3 is 35.1 Å². The van der Waals surface area contributed by atoms with Gasteiger partial charge in [0.25, 0.3) is 0 Å². The van der Waals surface area contributed by atoms with Crippen molar-refractivity contribution in [3.63, 3.8) is 0 Å². The summed E-state index contributed by atoms with van der Waals surface area (Å²) in [5, 5.41) is 13.7. The number of pyridine rings is 3. The number of carbonyl (C=O) groups is 1. The fourth-order valence-electron chi connectivity index (χ4n) is 12.9. The molecule has 6 aliphatic heterocycles. The highest BCUT2D eigenvalue weighted by Crippen LogP contribution is 2.60. The first kappa shape index (κ1) is 42.7. The zero-order chi connectivity index (χ0) is 46.7. The number of ether oxygens (including phenoxy) is 3. The van der Waals surface area contributed by atoms with Crippen molar-refractivity contribution in [2.45, 2.75) is 75.1 Å². The smallest absolute Gasteiger partial charge is 0.357 e. The number of benzene rings is 2. The number of nitrogens with two attached hydrogens (primary N) is 1. The number of esters is 1. The predicted octanol–water partition coefficient (Wildman–Crippen LogP) is 6.96. The molecule has 3 N–H and O–H groups in total. The van der Waals surface area contributed by atoms with Gasteiger partial charge in [0, 0.05) is 61.0 Å². The molecule has 354 valence electrons. The van der Waals surface area contributed by atoms with Gasteiger partial charge in [-0.3, -0.25) is 0 Å². The molecule has 7 aromatic rings. The molecular formula is C54H59N11O4. The van der Waals surface area contributed by atoms with Crippen LogP contribution in [0.4, 0.5) is 17.2 Å². The molecular weight excluding hydrogens is 867 g/mol. The highest BCUT2D eigenvalue weighted by atomic mass is 16.5. The van der Waals surface area contributed by atoms with Crippen molar-refractivity contribution < 1.29 is 19.0 Å². The molecule has 0 spiro atoms. The van der Waals surface area contributed by atoms with Crippen molar-refractivity contribution >= 4 is 34.5 Å². The van der Waals surface area contributed by atoms with Crippen LogP contribution in [0.3, 0.4) is 0 Å². The van der Waals surface area contributed by atoms with E-state index in [2.05, 4.69) is 115 Å². The van der Waals surface area contributed by atoms with E-state index in [1.54, 1.807) is 6.07 Å². The molecule has 15 nitrogen and oxygen atoms in total. The highest BCUT2D eigenvalue weighted by Gasteiger charge is 2.64. The molecule has 2 saturated carbocycles. The van der Waals surface area contributed by atoms with Gasteiger partial charge in [0.1, 0.15) is 23.6 Å². The predicted molar refractivity (Wildman–Crippen MR) is 261 cm³/mol. The summed E-state index contributed by atoms with van der Waals surface area (Å²) < 4.78 is 22.8. The van der Waals surface area contributed by atoms with Crippen LogP contribution in [0.2, 0.25) is 0 Å². The number of nitrogens with zero attached hydrogens (tertiary/aromatic N) is 9. The zero-order valence-electron chi connectivity index (χ0n) is 39.6. The van der Waals surface area contributed by atoms with Crippen LogP contribution in [0.25, 0.3) is 11.3 Å². The number of anilines is 3. The summed E-state index contributed by atoms with van der Waals surface area (Å²) in [4.78, 5) is 33.7. The van der Waals surface area contributed by atoms with Crippen LogP contribution in [-0.2, 0) is 42.8 Å². The molecule has 8 aliphatic rings. The summed E-state index contributed by atoms with van der Waals surface area (Å²) in [5.41, 5.74) is 13.6. The molecule has 0 amide bonds. The molecule has 11 heterocycles. The van der Waals surface area contributed by atoms with E-state index >= 15 is 0 Å². The third-order valence-electron chi connectivity index (χ3n) is 17.1. The normalized spacial score (nSPS) is 30.0. The van der Waals surface area contributed by atoms with Gasteiger partial charge >= 0.3 is 5.97 Å². The number of nitrogens with one attached hydrogen (secondary N) is 1. The molecule has 2 aliphatic carbocycles. The van der Waals surface area contributed by atoms with Crippen LogP contribution in [0, 0.1) is 30.6 Å². The summed E-state index contributed by atoms with van der Waals surface area (Å²) >= 11 is 0.